The van der Waals surface area contributed by atoms with Crippen LogP contribution < -0.4 is 0 Å². The Bertz CT molecular complexity index is 561. The Morgan fingerprint density at radius 2 is 1.91 bits per heavy atom. The molecule has 128 valence electrons. The molecule has 3 atom stereocenters. The maximum Gasteiger partial charge on any atom is 0.322 e. The number of fused-ring (bicyclic) bond motifs is 1. The van der Waals surface area contributed by atoms with Crippen molar-refractivity contribution in [2.24, 2.45) is 17.8 Å². The second-order valence-corrected chi connectivity index (χ2v) is 7.67. The largest absolute Gasteiger partial charge is 0.480 e. The second kappa shape index (κ2) is 6.59. The summed E-state index contributed by atoms with van der Waals surface area (Å²) in [7, 11) is 0. The first kappa shape index (κ1) is 16.4. The number of nitrogens with zero attached hydrogens (tertiary/aromatic N) is 4. The van der Waals surface area contributed by atoms with Crippen LogP contribution in [0.5, 0.6) is 0 Å². The van der Waals surface area contributed by atoms with E-state index >= 15 is 0 Å². The number of hydrogen-bond acceptors (Lipinski definition) is 4. The number of carbonyl (C=O) groups is 1. The van der Waals surface area contributed by atoms with E-state index in [4.69, 9.17) is 0 Å². The molecule has 0 saturated heterocycles. The van der Waals surface area contributed by atoms with Crippen molar-refractivity contribution >= 4 is 5.97 Å². The second-order valence-electron chi connectivity index (χ2n) is 7.67. The molecule has 0 aromatic carbocycles. The van der Waals surface area contributed by atoms with Crippen molar-refractivity contribution in [1.82, 2.24) is 19.7 Å². The van der Waals surface area contributed by atoms with Crippen LogP contribution in [0.15, 0.2) is 0 Å². The smallest absolute Gasteiger partial charge is 0.322 e. The van der Waals surface area contributed by atoms with Gasteiger partial charge in [-0.2, -0.15) is 0 Å². The fourth-order valence-corrected chi connectivity index (χ4v) is 4.53. The summed E-state index contributed by atoms with van der Waals surface area (Å²) >= 11 is 0. The minimum absolute atomic E-state index is 0.459. The molecule has 1 aromatic rings. The molecule has 3 unspecified atom stereocenters. The highest BCUT2D eigenvalue weighted by atomic mass is 16.4. The van der Waals surface area contributed by atoms with Gasteiger partial charge in [0.1, 0.15) is 17.7 Å². The molecule has 2 aliphatic rings. The highest BCUT2D eigenvalue weighted by Gasteiger charge is 2.34. The van der Waals surface area contributed by atoms with Crippen molar-refractivity contribution < 1.29 is 9.90 Å². The van der Waals surface area contributed by atoms with E-state index in [9.17, 15) is 9.90 Å². The van der Waals surface area contributed by atoms with Gasteiger partial charge < -0.3 is 9.67 Å². The number of carboxylic acid groups (broad SMARTS) is 1. The zero-order valence-electron chi connectivity index (χ0n) is 14.4. The molecule has 1 aliphatic carbocycles. The van der Waals surface area contributed by atoms with Crippen LogP contribution in [-0.4, -0.2) is 43.3 Å². The van der Waals surface area contributed by atoms with Gasteiger partial charge in [-0.1, -0.05) is 13.8 Å². The fourth-order valence-electron chi connectivity index (χ4n) is 4.53. The van der Waals surface area contributed by atoms with Crippen molar-refractivity contribution in [3.63, 3.8) is 0 Å². The van der Waals surface area contributed by atoms with E-state index in [1.54, 1.807) is 0 Å². The molecule has 2 heterocycles. The molecule has 0 amide bonds. The Hall–Kier alpha value is -1.43. The average Bonchev–Trinajstić information content (AvgIpc) is 2.84. The molecule has 1 aromatic heterocycles. The first-order chi connectivity index (χ1) is 10.9. The normalized spacial score (nSPS) is 31.8. The van der Waals surface area contributed by atoms with E-state index < -0.39 is 12.0 Å². The Labute approximate surface area is 137 Å². The van der Waals surface area contributed by atoms with Gasteiger partial charge in [0.2, 0.25) is 0 Å². The minimum atomic E-state index is -0.742. The molecule has 1 fully saturated rings. The quantitative estimate of drug-likeness (QED) is 0.922. The molecule has 1 N–H and O–H groups in total. The first-order valence-electron chi connectivity index (χ1n) is 8.79. The Kier molecular flexibility index (Phi) is 4.71. The van der Waals surface area contributed by atoms with Gasteiger partial charge in [-0.25, -0.2) is 0 Å². The average molecular weight is 320 g/mol. The monoisotopic (exact) mass is 320 g/mol. The molecule has 0 spiro atoms. The van der Waals surface area contributed by atoms with Gasteiger partial charge in [-0.15, -0.1) is 10.2 Å². The SMILES string of the molecule is Cc1nnc2n1CC(C(=O)O)N(CCC1CC(C)CC(C)C1)C2. The molecule has 23 heavy (non-hydrogen) atoms. The van der Waals surface area contributed by atoms with Crippen LogP contribution in [-0.2, 0) is 17.9 Å². The van der Waals surface area contributed by atoms with Gasteiger partial charge in [0.25, 0.3) is 0 Å². The lowest BCUT2D eigenvalue weighted by atomic mass is 9.75. The molecule has 0 radical (unpaired) electrons. The number of aromatic nitrogens is 3. The molecule has 3 rings (SSSR count). The van der Waals surface area contributed by atoms with Crippen LogP contribution in [0, 0.1) is 24.7 Å². The molecule has 6 heteroatoms. The van der Waals surface area contributed by atoms with E-state index in [0.29, 0.717) is 13.1 Å². The van der Waals surface area contributed by atoms with Crippen LogP contribution >= 0.6 is 0 Å². The lowest BCUT2D eigenvalue weighted by Crippen LogP contribution is -2.48. The highest BCUT2D eigenvalue weighted by molar-refractivity contribution is 5.73. The standard InChI is InChI=1S/C17H28N4O2/c1-11-6-12(2)8-14(7-11)4-5-20-10-16-19-18-13(3)21(16)9-15(20)17(22)23/h11-12,14-15H,4-10H2,1-3H3,(H,22,23). The lowest BCUT2D eigenvalue weighted by Gasteiger charge is -2.36. The summed E-state index contributed by atoms with van der Waals surface area (Å²) in [5, 5.41) is 17.9. The summed E-state index contributed by atoms with van der Waals surface area (Å²) in [6.45, 7) is 8.46. The Morgan fingerprint density at radius 1 is 1.22 bits per heavy atom. The van der Waals surface area contributed by atoms with Crippen LogP contribution in [0.25, 0.3) is 0 Å². The summed E-state index contributed by atoms with van der Waals surface area (Å²) in [5.41, 5.74) is 0. The first-order valence-corrected chi connectivity index (χ1v) is 8.79. The van der Waals surface area contributed by atoms with E-state index in [1.165, 1.54) is 19.3 Å². The number of carboxylic acids is 1. The molecule has 1 saturated carbocycles. The third-order valence-electron chi connectivity index (χ3n) is 5.54. The van der Waals surface area contributed by atoms with Gasteiger partial charge in [0.05, 0.1) is 13.1 Å². The van der Waals surface area contributed by atoms with Gasteiger partial charge in [0.15, 0.2) is 0 Å². The maximum atomic E-state index is 11.7. The summed E-state index contributed by atoms with van der Waals surface area (Å²) in [5.74, 6) is 3.28. The number of rotatable bonds is 4. The van der Waals surface area contributed by atoms with E-state index in [-0.39, 0.29) is 0 Å². The van der Waals surface area contributed by atoms with Crippen LogP contribution in [0.1, 0.15) is 51.2 Å². The predicted molar refractivity (Wildman–Crippen MR) is 86.9 cm³/mol. The topological polar surface area (TPSA) is 71.2 Å². The number of hydrogen-bond donors (Lipinski definition) is 1. The lowest BCUT2D eigenvalue weighted by molar-refractivity contribution is -0.145. The van der Waals surface area contributed by atoms with Crippen molar-refractivity contribution in [2.75, 3.05) is 6.54 Å². The van der Waals surface area contributed by atoms with Crippen molar-refractivity contribution in [3.8, 4) is 0 Å². The fraction of sp³-hybridized carbons (Fsp3) is 0.824. The van der Waals surface area contributed by atoms with Crippen molar-refractivity contribution in [2.45, 2.75) is 65.6 Å². The Morgan fingerprint density at radius 3 is 2.57 bits per heavy atom. The zero-order chi connectivity index (χ0) is 16.6. The zero-order valence-corrected chi connectivity index (χ0v) is 14.4. The summed E-state index contributed by atoms with van der Waals surface area (Å²) in [6, 6.07) is -0.462. The summed E-state index contributed by atoms with van der Waals surface area (Å²) < 4.78 is 1.94. The van der Waals surface area contributed by atoms with Crippen molar-refractivity contribution in [1.29, 1.82) is 0 Å². The van der Waals surface area contributed by atoms with Gasteiger partial charge >= 0.3 is 5.97 Å². The van der Waals surface area contributed by atoms with Gasteiger partial charge in [-0.05, 0) is 56.9 Å². The third kappa shape index (κ3) is 3.57. The van der Waals surface area contributed by atoms with E-state index in [0.717, 1.165) is 42.4 Å². The van der Waals surface area contributed by atoms with Crippen LogP contribution in [0.4, 0.5) is 0 Å². The van der Waals surface area contributed by atoms with Gasteiger partial charge in [0, 0.05) is 0 Å². The summed E-state index contributed by atoms with van der Waals surface area (Å²) in [4.78, 5) is 13.7. The van der Waals surface area contributed by atoms with E-state index in [1.807, 2.05) is 11.5 Å². The molecule has 1 aliphatic heterocycles. The van der Waals surface area contributed by atoms with Crippen LogP contribution in [0.2, 0.25) is 0 Å². The van der Waals surface area contributed by atoms with E-state index in [2.05, 4.69) is 28.9 Å². The molecular weight excluding hydrogens is 292 g/mol. The minimum Gasteiger partial charge on any atom is -0.480 e. The Balaban J connectivity index is 1.65. The highest BCUT2D eigenvalue weighted by Crippen LogP contribution is 2.35. The molecular formula is C17H28N4O2. The third-order valence-corrected chi connectivity index (χ3v) is 5.54. The molecule has 0 bridgehead atoms. The van der Waals surface area contributed by atoms with Crippen molar-refractivity contribution in [3.05, 3.63) is 11.6 Å². The number of aliphatic carboxylic acids is 1. The van der Waals surface area contributed by atoms with Gasteiger partial charge in [-0.3, -0.25) is 9.69 Å². The predicted octanol–water partition coefficient (Wildman–Crippen LogP) is 2.32. The van der Waals surface area contributed by atoms with Crippen LogP contribution in [0.3, 0.4) is 0 Å². The summed E-state index contributed by atoms with van der Waals surface area (Å²) in [6.07, 6.45) is 4.99. The maximum absolute atomic E-state index is 11.7. The number of aryl methyl sites for hydroxylation is 1. The molecule has 6 nitrogen and oxygen atoms in total.